The Labute approximate surface area is 163 Å². The van der Waals surface area contributed by atoms with E-state index < -0.39 is 0 Å². The van der Waals surface area contributed by atoms with E-state index in [0.29, 0.717) is 0 Å². The topological polar surface area (TPSA) is 28.6 Å². The number of benzene rings is 1. The van der Waals surface area contributed by atoms with Crippen molar-refractivity contribution < 1.29 is 4.74 Å². The van der Waals surface area contributed by atoms with Crippen molar-refractivity contribution in [2.75, 3.05) is 38.2 Å². The number of hydrogen-bond acceptors (Lipinski definition) is 4. The monoisotopic (exact) mass is 365 g/mol. The summed E-state index contributed by atoms with van der Waals surface area (Å²) in [5.74, 6) is 1.78. The van der Waals surface area contributed by atoms with E-state index >= 15 is 0 Å². The maximum atomic E-state index is 5.88. The Morgan fingerprint density at radius 2 is 1.89 bits per heavy atom. The fourth-order valence-corrected chi connectivity index (χ4v) is 4.59. The maximum absolute atomic E-state index is 5.88. The number of aromatic nitrogens is 1. The number of aryl methyl sites for hydroxylation is 2. The van der Waals surface area contributed by atoms with Crippen LogP contribution in [0, 0.1) is 19.8 Å². The predicted octanol–water partition coefficient (Wildman–Crippen LogP) is 3.98. The highest BCUT2D eigenvalue weighted by Gasteiger charge is 2.22. The van der Waals surface area contributed by atoms with Crippen LogP contribution in [0.25, 0.3) is 0 Å². The smallest absolute Gasteiger partial charge is 0.143 e. The molecule has 1 unspecified atom stereocenters. The molecule has 0 aliphatic carbocycles. The molecule has 4 nitrogen and oxygen atoms in total. The summed E-state index contributed by atoms with van der Waals surface area (Å²) >= 11 is 0. The third-order valence-corrected chi connectivity index (χ3v) is 5.79. The van der Waals surface area contributed by atoms with Crippen molar-refractivity contribution in [2.45, 2.75) is 39.7 Å². The van der Waals surface area contributed by atoms with E-state index in [0.717, 1.165) is 42.8 Å². The summed E-state index contributed by atoms with van der Waals surface area (Å²) in [6.07, 6.45) is 3.78. The van der Waals surface area contributed by atoms with Crippen molar-refractivity contribution in [3.63, 3.8) is 0 Å². The number of likely N-dealkylation sites (tertiary alicyclic amines) is 1. The van der Waals surface area contributed by atoms with Crippen LogP contribution < -0.4 is 9.64 Å². The average molecular weight is 366 g/mol. The molecular formula is C23H31N3O. The fraction of sp³-hybridized carbons (Fsp3) is 0.522. The van der Waals surface area contributed by atoms with Crippen LogP contribution in [0.2, 0.25) is 0 Å². The van der Waals surface area contributed by atoms with Crippen LogP contribution in [0.15, 0.2) is 30.3 Å². The number of pyridine rings is 1. The standard InChI is InChI=1S/C23H31N3O/c1-17-11-21(12-18(2)24-17)13-19-5-4-8-26(15-19)16-20-6-7-22-23(14-20)27-10-9-25(22)3/h6-7,11-12,14,19H,4-5,8-10,13,15-16H2,1-3H3. The highest BCUT2D eigenvalue weighted by molar-refractivity contribution is 5.60. The molecule has 1 atom stereocenters. The minimum atomic E-state index is 0.736. The summed E-state index contributed by atoms with van der Waals surface area (Å²) < 4.78 is 5.88. The molecule has 0 amide bonds. The van der Waals surface area contributed by atoms with Crippen molar-refractivity contribution in [1.82, 2.24) is 9.88 Å². The molecule has 0 saturated carbocycles. The van der Waals surface area contributed by atoms with Gasteiger partial charge in [0, 0.05) is 31.5 Å². The third kappa shape index (κ3) is 4.44. The number of likely N-dealkylation sites (N-methyl/N-ethyl adjacent to an activating group) is 1. The van der Waals surface area contributed by atoms with Gasteiger partial charge >= 0.3 is 0 Å². The molecule has 144 valence electrons. The summed E-state index contributed by atoms with van der Waals surface area (Å²) in [6.45, 7) is 9.34. The van der Waals surface area contributed by atoms with E-state index in [1.807, 2.05) is 0 Å². The molecule has 0 radical (unpaired) electrons. The van der Waals surface area contributed by atoms with Crippen LogP contribution in [0.5, 0.6) is 5.75 Å². The molecule has 27 heavy (non-hydrogen) atoms. The van der Waals surface area contributed by atoms with E-state index in [-0.39, 0.29) is 0 Å². The second-order valence-corrected chi connectivity index (χ2v) is 8.28. The van der Waals surface area contributed by atoms with Gasteiger partial charge in [0.1, 0.15) is 12.4 Å². The summed E-state index contributed by atoms with van der Waals surface area (Å²) in [5, 5.41) is 0. The molecule has 3 heterocycles. The highest BCUT2D eigenvalue weighted by Crippen LogP contribution is 2.32. The van der Waals surface area contributed by atoms with Gasteiger partial charge < -0.3 is 9.64 Å². The lowest BCUT2D eigenvalue weighted by atomic mass is 9.91. The van der Waals surface area contributed by atoms with Gasteiger partial charge in [-0.25, -0.2) is 0 Å². The van der Waals surface area contributed by atoms with Gasteiger partial charge in [-0.05, 0) is 81.0 Å². The zero-order valence-electron chi connectivity index (χ0n) is 16.9. The molecule has 2 aliphatic rings. The lowest BCUT2D eigenvalue weighted by Gasteiger charge is -2.33. The second-order valence-electron chi connectivity index (χ2n) is 8.28. The molecule has 4 rings (SSSR count). The lowest BCUT2D eigenvalue weighted by molar-refractivity contribution is 0.167. The van der Waals surface area contributed by atoms with Crippen molar-refractivity contribution in [2.24, 2.45) is 5.92 Å². The predicted molar refractivity (Wildman–Crippen MR) is 111 cm³/mol. The van der Waals surface area contributed by atoms with Gasteiger partial charge in [-0.3, -0.25) is 9.88 Å². The molecule has 1 aromatic carbocycles. The Morgan fingerprint density at radius 3 is 2.70 bits per heavy atom. The van der Waals surface area contributed by atoms with E-state index in [2.05, 4.69) is 66.0 Å². The van der Waals surface area contributed by atoms with Crippen LogP contribution in [-0.4, -0.2) is 43.2 Å². The van der Waals surface area contributed by atoms with Crippen molar-refractivity contribution in [3.8, 4) is 5.75 Å². The molecule has 2 aromatic rings. The SMILES string of the molecule is Cc1cc(CC2CCCN(Cc3ccc4c(c3)OCCN4C)C2)cc(C)n1. The zero-order chi connectivity index (χ0) is 18.8. The van der Waals surface area contributed by atoms with E-state index in [9.17, 15) is 0 Å². The van der Waals surface area contributed by atoms with E-state index in [1.165, 1.54) is 49.2 Å². The van der Waals surface area contributed by atoms with Crippen LogP contribution in [0.4, 0.5) is 5.69 Å². The van der Waals surface area contributed by atoms with Gasteiger partial charge in [-0.1, -0.05) is 6.07 Å². The first-order valence-corrected chi connectivity index (χ1v) is 10.2. The van der Waals surface area contributed by atoms with Crippen LogP contribution in [0.3, 0.4) is 0 Å². The zero-order valence-corrected chi connectivity index (χ0v) is 16.9. The Balaban J connectivity index is 1.40. The van der Waals surface area contributed by atoms with Crippen molar-refractivity contribution in [3.05, 3.63) is 52.8 Å². The number of rotatable bonds is 4. The average Bonchev–Trinajstić information content (AvgIpc) is 2.61. The third-order valence-electron chi connectivity index (χ3n) is 5.79. The second kappa shape index (κ2) is 7.89. The first-order chi connectivity index (χ1) is 13.1. The van der Waals surface area contributed by atoms with Gasteiger partial charge in [-0.15, -0.1) is 0 Å². The number of ether oxygens (including phenoxy) is 1. The first kappa shape index (κ1) is 18.3. The van der Waals surface area contributed by atoms with Crippen LogP contribution in [-0.2, 0) is 13.0 Å². The first-order valence-electron chi connectivity index (χ1n) is 10.2. The Kier molecular flexibility index (Phi) is 5.35. The minimum absolute atomic E-state index is 0.736. The number of nitrogens with zero attached hydrogens (tertiary/aromatic N) is 3. The molecule has 4 heteroatoms. The molecule has 1 fully saturated rings. The van der Waals surface area contributed by atoms with Crippen LogP contribution >= 0.6 is 0 Å². The Morgan fingerprint density at radius 1 is 1.07 bits per heavy atom. The maximum Gasteiger partial charge on any atom is 0.143 e. The molecule has 2 aliphatic heterocycles. The van der Waals surface area contributed by atoms with Crippen LogP contribution in [0.1, 0.15) is 35.4 Å². The number of piperidine rings is 1. The summed E-state index contributed by atoms with van der Waals surface area (Å²) in [5.41, 5.74) is 6.29. The largest absolute Gasteiger partial charge is 0.490 e. The van der Waals surface area contributed by atoms with Gasteiger partial charge in [-0.2, -0.15) is 0 Å². The molecule has 0 bridgehead atoms. The Bertz CT molecular complexity index is 784. The van der Waals surface area contributed by atoms with E-state index in [4.69, 9.17) is 4.74 Å². The van der Waals surface area contributed by atoms with E-state index in [1.54, 1.807) is 0 Å². The lowest BCUT2D eigenvalue weighted by Crippen LogP contribution is -2.35. The molecule has 1 aromatic heterocycles. The van der Waals surface area contributed by atoms with Crippen molar-refractivity contribution in [1.29, 1.82) is 0 Å². The fourth-order valence-electron chi connectivity index (χ4n) is 4.59. The molecule has 0 N–H and O–H groups in total. The summed E-state index contributed by atoms with van der Waals surface area (Å²) in [7, 11) is 2.14. The quantitative estimate of drug-likeness (QED) is 0.819. The Hall–Kier alpha value is -2.07. The van der Waals surface area contributed by atoms with Gasteiger partial charge in [0.15, 0.2) is 0 Å². The summed E-state index contributed by atoms with van der Waals surface area (Å²) in [6, 6.07) is 11.2. The molecular weight excluding hydrogens is 334 g/mol. The van der Waals surface area contributed by atoms with Gasteiger partial charge in [0.05, 0.1) is 12.2 Å². The highest BCUT2D eigenvalue weighted by atomic mass is 16.5. The number of hydrogen-bond donors (Lipinski definition) is 0. The molecule has 0 spiro atoms. The van der Waals surface area contributed by atoms with Gasteiger partial charge in [0.2, 0.25) is 0 Å². The van der Waals surface area contributed by atoms with Crippen molar-refractivity contribution >= 4 is 5.69 Å². The number of fused-ring (bicyclic) bond motifs is 1. The van der Waals surface area contributed by atoms with Gasteiger partial charge in [0.25, 0.3) is 0 Å². The minimum Gasteiger partial charge on any atom is -0.490 e. The number of anilines is 1. The summed E-state index contributed by atoms with van der Waals surface area (Å²) in [4.78, 5) is 9.40. The normalized spacial score (nSPS) is 20.3. The molecule has 1 saturated heterocycles.